The summed E-state index contributed by atoms with van der Waals surface area (Å²) in [6.07, 6.45) is -0.185. The Bertz CT molecular complexity index is 729. The quantitative estimate of drug-likeness (QED) is 0.878. The summed E-state index contributed by atoms with van der Waals surface area (Å²) in [5.41, 5.74) is 1.37. The first kappa shape index (κ1) is 16.1. The molecule has 1 amide bonds. The zero-order valence-electron chi connectivity index (χ0n) is 13.4. The van der Waals surface area contributed by atoms with E-state index >= 15 is 0 Å². The molecule has 2 aromatic rings. The molecular weight excluding hydrogens is 306 g/mol. The lowest BCUT2D eigenvalue weighted by molar-refractivity contribution is -0.130. The highest BCUT2D eigenvalue weighted by molar-refractivity contribution is 5.92. The van der Waals surface area contributed by atoms with Crippen LogP contribution in [0.25, 0.3) is 0 Å². The normalized spacial score (nSPS) is 17.1. The number of rotatable bonds is 4. The van der Waals surface area contributed by atoms with Crippen molar-refractivity contribution in [2.75, 3.05) is 6.61 Å². The summed E-state index contributed by atoms with van der Waals surface area (Å²) in [5, 5.41) is 2.94. The molecule has 1 heterocycles. The van der Waals surface area contributed by atoms with Gasteiger partial charge in [-0.15, -0.1) is 0 Å². The Balaban J connectivity index is 1.62. The molecule has 3 rings (SSSR count). The summed E-state index contributed by atoms with van der Waals surface area (Å²) in [6.45, 7) is 2.11. The molecule has 2 aromatic carbocycles. The fraction of sp³-hybridized carbons (Fsp3) is 0.263. The Kier molecular flexibility index (Phi) is 4.79. The number of benzene rings is 2. The Morgan fingerprint density at radius 3 is 2.62 bits per heavy atom. The van der Waals surface area contributed by atoms with E-state index in [0.717, 1.165) is 11.3 Å². The van der Waals surface area contributed by atoms with Crippen molar-refractivity contribution < 1.29 is 19.1 Å². The minimum Gasteiger partial charge on any atom is -0.493 e. The van der Waals surface area contributed by atoms with Gasteiger partial charge in [-0.3, -0.25) is 4.79 Å². The highest BCUT2D eigenvalue weighted by Gasteiger charge is 2.26. The van der Waals surface area contributed by atoms with Crippen LogP contribution in [0.3, 0.4) is 0 Å². The van der Waals surface area contributed by atoms with Gasteiger partial charge < -0.3 is 14.8 Å². The summed E-state index contributed by atoms with van der Waals surface area (Å²) in [7, 11) is 0. The molecule has 0 fully saturated rings. The van der Waals surface area contributed by atoms with E-state index in [1.165, 1.54) is 0 Å². The van der Waals surface area contributed by atoms with Crippen molar-refractivity contribution in [1.29, 1.82) is 0 Å². The molecule has 0 bridgehead atoms. The van der Waals surface area contributed by atoms with Gasteiger partial charge >= 0.3 is 5.97 Å². The number of ether oxygens (including phenoxy) is 2. The van der Waals surface area contributed by atoms with E-state index < -0.39 is 12.1 Å². The standard InChI is InChI=1S/C19H19NO4/c1-13(24-19(22)14-7-3-2-4-8-14)18(21)20-16-11-12-23-17-10-6-5-9-15(16)17/h2-10,13,16H,11-12H2,1H3,(H,20,21). The number of hydrogen-bond acceptors (Lipinski definition) is 4. The van der Waals surface area contributed by atoms with Gasteiger partial charge in [-0.25, -0.2) is 4.79 Å². The first-order valence-electron chi connectivity index (χ1n) is 7.93. The van der Waals surface area contributed by atoms with E-state index in [-0.39, 0.29) is 11.9 Å². The second kappa shape index (κ2) is 7.17. The van der Waals surface area contributed by atoms with Crippen LogP contribution in [0.15, 0.2) is 54.6 Å². The molecule has 124 valence electrons. The first-order chi connectivity index (χ1) is 11.6. The molecule has 5 nitrogen and oxygen atoms in total. The molecule has 1 aliphatic rings. The summed E-state index contributed by atoms with van der Waals surface area (Å²) >= 11 is 0. The molecule has 1 aliphatic heterocycles. The number of para-hydroxylation sites is 1. The van der Waals surface area contributed by atoms with Crippen LogP contribution in [0, 0.1) is 0 Å². The van der Waals surface area contributed by atoms with Gasteiger partial charge in [-0.05, 0) is 25.1 Å². The zero-order valence-corrected chi connectivity index (χ0v) is 13.4. The third-order valence-corrected chi connectivity index (χ3v) is 3.94. The second-order valence-corrected chi connectivity index (χ2v) is 5.65. The third-order valence-electron chi connectivity index (χ3n) is 3.94. The average Bonchev–Trinajstić information content (AvgIpc) is 2.62. The van der Waals surface area contributed by atoms with E-state index in [2.05, 4.69) is 5.32 Å². The van der Waals surface area contributed by atoms with Crippen molar-refractivity contribution >= 4 is 11.9 Å². The number of carbonyl (C=O) groups is 2. The highest BCUT2D eigenvalue weighted by atomic mass is 16.5. The van der Waals surface area contributed by atoms with Crippen LogP contribution in [-0.2, 0) is 9.53 Å². The monoisotopic (exact) mass is 325 g/mol. The van der Waals surface area contributed by atoms with Gasteiger partial charge in [0.2, 0.25) is 0 Å². The topological polar surface area (TPSA) is 64.6 Å². The molecule has 0 saturated heterocycles. The van der Waals surface area contributed by atoms with Gasteiger partial charge in [0.05, 0.1) is 18.2 Å². The van der Waals surface area contributed by atoms with E-state index in [1.807, 2.05) is 30.3 Å². The predicted molar refractivity (Wildman–Crippen MR) is 88.8 cm³/mol. The maximum atomic E-state index is 12.4. The van der Waals surface area contributed by atoms with E-state index in [0.29, 0.717) is 18.6 Å². The van der Waals surface area contributed by atoms with E-state index in [9.17, 15) is 9.59 Å². The molecule has 24 heavy (non-hydrogen) atoms. The fourth-order valence-corrected chi connectivity index (χ4v) is 2.64. The third kappa shape index (κ3) is 3.56. The largest absolute Gasteiger partial charge is 0.493 e. The van der Waals surface area contributed by atoms with Crippen LogP contribution in [0.5, 0.6) is 5.75 Å². The van der Waals surface area contributed by atoms with Gasteiger partial charge in [0.25, 0.3) is 5.91 Å². The fourth-order valence-electron chi connectivity index (χ4n) is 2.64. The first-order valence-corrected chi connectivity index (χ1v) is 7.93. The van der Waals surface area contributed by atoms with Gasteiger partial charge in [-0.2, -0.15) is 0 Å². The Morgan fingerprint density at radius 1 is 1.12 bits per heavy atom. The van der Waals surface area contributed by atoms with Crippen LogP contribution < -0.4 is 10.1 Å². The Hall–Kier alpha value is -2.82. The smallest absolute Gasteiger partial charge is 0.338 e. The number of amides is 1. The summed E-state index contributed by atoms with van der Waals surface area (Å²) in [5.74, 6) is -0.0467. The van der Waals surface area contributed by atoms with Crippen LogP contribution >= 0.6 is 0 Å². The molecule has 2 unspecified atom stereocenters. The van der Waals surface area contributed by atoms with Gasteiger partial charge in [0.1, 0.15) is 5.75 Å². The number of nitrogens with one attached hydrogen (secondary N) is 1. The minimum atomic E-state index is -0.868. The Morgan fingerprint density at radius 2 is 1.83 bits per heavy atom. The molecular formula is C19H19NO4. The summed E-state index contributed by atoms with van der Waals surface area (Å²) in [6, 6.07) is 16.1. The van der Waals surface area contributed by atoms with Crippen LogP contribution in [-0.4, -0.2) is 24.6 Å². The highest BCUT2D eigenvalue weighted by Crippen LogP contribution is 2.31. The molecule has 2 atom stereocenters. The van der Waals surface area contributed by atoms with Crippen LogP contribution in [0.1, 0.15) is 35.3 Å². The zero-order chi connectivity index (χ0) is 16.9. The van der Waals surface area contributed by atoms with Gasteiger partial charge in [-0.1, -0.05) is 36.4 Å². The van der Waals surface area contributed by atoms with E-state index in [4.69, 9.17) is 9.47 Å². The van der Waals surface area contributed by atoms with Gasteiger partial charge in [0, 0.05) is 12.0 Å². The van der Waals surface area contributed by atoms with Crippen molar-refractivity contribution in [3.05, 3.63) is 65.7 Å². The maximum Gasteiger partial charge on any atom is 0.338 e. The van der Waals surface area contributed by atoms with Crippen LogP contribution in [0.2, 0.25) is 0 Å². The average molecular weight is 325 g/mol. The summed E-state index contributed by atoms with van der Waals surface area (Å²) in [4.78, 5) is 24.4. The molecule has 5 heteroatoms. The lowest BCUT2D eigenvalue weighted by Gasteiger charge is -2.27. The number of esters is 1. The Labute approximate surface area is 140 Å². The predicted octanol–water partition coefficient (Wildman–Crippen LogP) is 2.87. The second-order valence-electron chi connectivity index (χ2n) is 5.65. The SMILES string of the molecule is CC(OC(=O)c1ccccc1)C(=O)NC1CCOc2ccccc21. The maximum absolute atomic E-state index is 12.4. The lowest BCUT2D eigenvalue weighted by atomic mass is 10.0. The molecule has 1 N–H and O–H groups in total. The molecule has 0 saturated carbocycles. The number of carbonyl (C=O) groups excluding carboxylic acids is 2. The van der Waals surface area contributed by atoms with Crippen molar-refractivity contribution in [3.63, 3.8) is 0 Å². The van der Waals surface area contributed by atoms with Crippen LogP contribution in [0.4, 0.5) is 0 Å². The lowest BCUT2D eigenvalue weighted by Crippen LogP contribution is -2.39. The van der Waals surface area contributed by atoms with E-state index in [1.54, 1.807) is 31.2 Å². The molecule has 0 aromatic heterocycles. The molecule has 0 aliphatic carbocycles. The molecule has 0 radical (unpaired) electrons. The van der Waals surface area contributed by atoms with Gasteiger partial charge in [0.15, 0.2) is 6.10 Å². The minimum absolute atomic E-state index is 0.139. The van der Waals surface area contributed by atoms with Crippen molar-refractivity contribution in [2.24, 2.45) is 0 Å². The molecule has 0 spiro atoms. The summed E-state index contributed by atoms with van der Waals surface area (Å²) < 4.78 is 10.8. The van der Waals surface area contributed by atoms with Crippen molar-refractivity contribution in [1.82, 2.24) is 5.32 Å². The van der Waals surface area contributed by atoms with Crippen molar-refractivity contribution in [3.8, 4) is 5.75 Å². The number of hydrogen-bond donors (Lipinski definition) is 1. The van der Waals surface area contributed by atoms with Crippen molar-refractivity contribution in [2.45, 2.75) is 25.5 Å². The number of fused-ring (bicyclic) bond motifs is 1.